The van der Waals surface area contributed by atoms with Gasteiger partial charge >= 0.3 is 0 Å². The van der Waals surface area contributed by atoms with Crippen LogP contribution in [0.5, 0.6) is 0 Å². The predicted octanol–water partition coefficient (Wildman–Crippen LogP) is 5.74. The lowest BCUT2D eigenvalue weighted by Gasteiger charge is -2.19. The number of rotatable bonds is 7. The number of anilines is 2. The molecule has 3 rings (SSSR count). The number of benzene rings is 2. The van der Waals surface area contributed by atoms with Crippen molar-refractivity contribution in [1.29, 1.82) is 0 Å². The Bertz CT molecular complexity index is 1110. The molecule has 8 heteroatoms. The fourth-order valence-corrected chi connectivity index (χ4v) is 3.96. The Balaban J connectivity index is 1.96. The smallest absolute Gasteiger partial charge is 0.251 e. The van der Waals surface area contributed by atoms with E-state index in [1.54, 1.807) is 30.3 Å². The molecule has 156 valence electrons. The second-order valence-corrected chi connectivity index (χ2v) is 8.31. The summed E-state index contributed by atoms with van der Waals surface area (Å²) in [4.78, 5) is 27.7. The van der Waals surface area contributed by atoms with Crippen LogP contribution in [0.15, 0.2) is 48.5 Å². The summed E-state index contributed by atoms with van der Waals surface area (Å²) < 4.78 is 27.5. The number of ketones is 1. The standard InChI is InChI=1S/C22H20F2N2O3S/c1-12(27)13-4-7-15(8-5-13)26-21-17(20(25)28)11-19(30-21)16-9-6-14(10-18(16)23)22(2,3)29-24/h4-11,26H,1-3H3,(H2,25,28). The highest BCUT2D eigenvalue weighted by atomic mass is 32.1. The molecule has 0 aliphatic heterocycles. The summed E-state index contributed by atoms with van der Waals surface area (Å²) in [5.41, 5.74) is 6.21. The highest BCUT2D eigenvalue weighted by Crippen LogP contribution is 2.39. The van der Waals surface area contributed by atoms with E-state index >= 15 is 0 Å². The van der Waals surface area contributed by atoms with Crippen molar-refractivity contribution < 1.29 is 23.4 Å². The average molecular weight is 430 g/mol. The van der Waals surface area contributed by atoms with Gasteiger partial charge in [0, 0.05) is 21.7 Å². The molecule has 0 saturated heterocycles. The molecular formula is C22H20F2N2O3S. The van der Waals surface area contributed by atoms with Crippen LogP contribution < -0.4 is 11.1 Å². The fraction of sp³-hybridized carbons (Fsp3) is 0.182. The van der Waals surface area contributed by atoms with Crippen molar-refractivity contribution in [2.45, 2.75) is 26.4 Å². The molecule has 0 unspecified atom stereocenters. The minimum atomic E-state index is -1.29. The Morgan fingerprint density at radius 3 is 2.30 bits per heavy atom. The summed E-state index contributed by atoms with van der Waals surface area (Å²) in [6, 6.07) is 12.5. The van der Waals surface area contributed by atoms with Gasteiger partial charge in [-0.15, -0.1) is 11.3 Å². The monoisotopic (exact) mass is 430 g/mol. The first-order valence-electron chi connectivity index (χ1n) is 9.04. The molecule has 3 N–H and O–H groups in total. The van der Waals surface area contributed by atoms with Gasteiger partial charge in [0.2, 0.25) is 0 Å². The maximum absolute atomic E-state index is 14.8. The van der Waals surface area contributed by atoms with E-state index in [4.69, 9.17) is 5.73 Å². The van der Waals surface area contributed by atoms with Gasteiger partial charge in [0.25, 0.3) is 5.91 Å². The summed E-state index contributed by atoms with van der Waals surface area (Å²) in [6.45, 7) is 4.44. The van der Waals surface area contributed by atoms with E-state index in [1.807, 2.05) is 0 Å². The number of Topliss-reactive ketones (excluding diaryl/α,β-unsaturated/α-hetero) is 1. The molecule has 1 aromatic heterocycles. The van der Waals surface area contributed by atoms with Crippen LogP contribution in [0.3, 0.4) is 0 Å². The number of nitrogens with two attached hydrogens (primary N) is 1. The Kier molecular flexibility index (Phi) is 6.00. The zero-order valence-electron chi connectivity index (χ0n) is 16.6. The van der Waals surface area contributed by atoms with E-state index in [-0.39, 0.29) is 16.9 Å². The summed E-state index contributed by atoms with van der Waals surface area (Å²) >= 11 is 1.16. The number of thiophene rings is 1. The third-order valence-corrected chi connectivity index (χ3v) is 5.75. The maximum Gasteiger partial charge on any atom is 0.251 e. The first-order valence-corrected chi connectivity index (χ1v) is 9.86. The first kappa shape index (κ1) is 21.6. The highest BCUT2D eigenvalue weighted by Gasteiger charge is 2.25. The van der Waals surface area contributed by atoms with Gasteiger partial charge in [-0.3, -0.25) is 9.59 Å². The van der Waals surface area contributed by atoms with Crippen LogP contribution in [0, 0.1) is 5.82 Å². The van der Waals surface area contributed by atoms with Crippen LogP contribution in [-0.2, 0) is 10.5 Å². The first-order chi connectivity index (χ1) is 14.1. The average Bonchev–Trinajstić information content (AvgIpc) is 3.12. The van der Waals surface area contributed by atoms with E-state index in [2.05, 4.69) is 10.3 Å². The quantitative estimate of drug-likeness (QED) is 0.469. The SMILES string of the molecule is CC(=O)c1ccc(Nc2sc(-c3ccc(C(C)(C)OF)cc3F)cc2C(N)=O)cc1. The molecule has 0 saturated carbocycles. The number of carbonyl (C=O) groups excluding carboxylic acids is 2. The van der Waals surface area contributed by atoms with Crippen molar-refractivity contribution in [3.05, 3.63) is 71.0 Å². The highest BCUT2D eigenvalue weighted by molar-refractivity contribution is 7.20. The lowest BCUT2D eigenvalue weighted by molar-refractivity contribution is -0.227. The molecule has 5 nitrogen and oxygen atoms in total. The zero-order chi connectivity index (χ0) is 22.1. The molecular weight excluding hydrogens is 410 g/mol. The maximum atomic E-state index is 14.8. The van der Waals surface area contributed by atoms with Gasteiger partial charge in [-0.2, -0.15) is 4.94 Å². The van der Waals surface area contributed by atoms with Crippen molar-refractivity contribution in [2.75, 3.05) is 5.32 Å². The van der Waals surface area contributed by atoms with Crippen molar-refractivity contribution in [1.82, 2.24) is 0 Å². The van der Waals surface area contributed by atoms with Crippen LogP contribution in [0.25, 0.3) is 10.4 Å². The third-order valence-electron chi connectivity index (χ3n) is 4.67. The Hall–Kier alpha value is -3.10. The van der Waals surface area contributed by atoms with Crippen molar-refractivity contribution >= 4 is 33.7 Å². The molecule has 1 heterocycles. The zero-order valence-corrected chi connectivity index (χ0v) is 17.4. The third kappa shape index (κ3) is 4.39. The molecule has 0 radical (unpaired) electrons. The van der Waals surface area contributed by atoms with Crippen LogP contribution in [0.2, 0.25) is 0 Å². The molecule has 0 aliphatic carbocycles. The van der Waals surface area contributed by atoms with E-state index in [0.29, 0.717) is 26.7 Å². The lowest BCUT2D eigenvalue weighted by atomic mass is 9.96. The van der Waals surface area contributed by atoms with E-state index in [1.165, 1.54) is 39.0 Å². The molecule has 1 amide bonds. The topological polar surface area (TPSA) is 81.4 Å². The number of primary amides is 1. The number of hydrogen-bond acceptors (Lipinski definition) is 5. The Morgan fingerprint density at radius 1 is 1.10 bits per heavy atom. The van der Waals surface area contributed by atoms with E-state index in [9.17, 15) is 18.5 Å². The number of carbonyl (C=O) groups is 2. The number of nitrogens with one attached hydrogen (secondary N) is 1. The molecule has 0 atom stereocenters. The Labute approximate surface area is 176 Å². The van der Waals surface area contributed by atoms with Crippen molar-refractivity contribution in [2.24, 2.45) is 5.73 Å². The fourth-order valence-electron chi connectivity index (χ4n) is 2.85. The number of hydrogen-bond donors (Lipinski definition) is 2. The normalized spacial score (nSPS) is 11.4. The Morgan fingerprint density at radius 2 is 1.77 bits per heavy atom. The minimum Gasteiger partial charge on any atom is -0.366 e. The molecule has 30 heavy (non-hydrogen) atoms. The molecule has 2 aromatic carbocycles. The summed E-state index contributed by atoms with van der Waals surface area (Å²) in [5, 5.41) is 3.54. The predicted molar refractivity (Wildman–Crippen MR) is 113 cm³/mol. The van der Waals surface area contributed by atoms with Gasteiger partial charge in [0.15, 0.2) is 5.78 Å². The number of amides is 1. The number of halogens is 2. The van der Waals surface area contributed by atoms with Gasteiger partial charge in [-0.25, -0.2) is 4.39 Å². The van der Waals surface area contributed by atoms with Gasteiger partial charge in [-0.05, 0) is 67.3 Å². The van der Waals surface area contributed by atoms with Gasteiger partial charge < -0.3 is 11.1 Å². The van der Waals surface area contributed by atoms with Gasteiger partial charge in [0.1, 0.15) is 16.4 Å². The second kappa shape index (κ2) is 8.33. The molecule has 3 aromatic rings. The summed E-state index contributed by atoms with van der Waals surface area (Å²) in [6.07, 6.45) is 0. The van der Waals surface area contributed by atoms with Crippen molar-refractivity contribution in [3.8, 4) is 10.4 Å². The summed E-state index contributed by atoms with van der Waals surface area (Å²) in [5.74, 6) is -1.30. The van der Waals surface area contributed by atoms with Crippen LogP contribution in [0.1, 0.15) is 47.1 Å². The molecule has 0 spiro atoms. The minimum absolute atomic E-state index is 0.0574. The van der Waals surface area contributed by atoms with Crippen LogP contribution in [0.4, 0.5) is 19.6 Å². The summed E-state index contributed by atoms with van der Waals surface area (Å²) in [7, 11) is 0. The van der Waals surface area contributed by atoms with Crippen LogP contribution in [-0.4, -0.2) is 11.7 Å². The van der Waals surface area contributed by atoms with E-state index < -0.39 is 17.3 Å². The lowest BCUT2D eigenvalue weighted by Crippen LogP contribution is -2.17. The largest absolute Gasteiger partial charge is 0.366 e. The van der Waals surface area contributed by atoms with Crippen molar-refractivity contribution in [3.63, 3.8) is 0 Å². The van der Waals surface area contributed by atoms with Crippen LogP contribution >= 0.6 is 11.3 Å². The van der Waals surface area contributed by atoms with Gasteiger partial charge in [-0.1, -0.05) is 12.1 Å². The van der Waals surface area contributed by atoms with Gasteiger partial charge in [0.05, 0.1) is 5.56 Å². The van der Waals surface area contributed by atoms with E-state index in [0.717, 1.165) is 11.3 Å². The second-order valence-electron chi connectivity index (χ2n) is 7.26. The molecule has 0 bridgehead atoms. The molecule has 0 aliphatic rings. The molecule has 0 fully saturated rings.